The fraction of sp³-hybridized carbons (Fsp3) is 0.421. The summed E-state index contributed by atoms with van der Waals surface area (Å²) in [4.78, 5) is 33.5. The molecular weight excluding hydrogens is 346 g/mol. The number of non-ortho nitro benzene ring substituents is 1. The molecule has 1 unspecified atom stereocenters. The van der Waals surface area contributed by atoms with E-state index in [0.717, 1.165) is 30.9 Å². The fourth-order valence-corrected chi connectivity index (χ4v) is 3.23. The minimum Gasteiger partial charge on any atom is -0.354 e. The van der Waals surface area contributed by atoms with Gasteiger partial charge in [-0.3, -0.25) is 14.9 Å². The van der Waals surface area contributed by atoms with Crippen LogP contribution in [0.25, 0.3) is 11.4 Å². The first-order valence-electron chi connectivity index (χ1n) is 9.11. The molecule has 0 spiro atoms. The number of aromatic nitrogens is 2. The van der Waals surface area contributed by atoms with E-state index >= 15 is 0 Å². The Labute approximate surface area is 157 Å². The first kappa shape index (κ1) is 18.8. The van der Waals surface area contributed by atoms with Gasteiger partial charge in [0.2, 0.25) is 5.91 Å². The van der Waals surface area contributed by atoms with Gasteiger partial charge in [0.05, 0.1) is 4.92 Å². The third-order valence-corrected chi connectivity index (χ3v) is 4.59. The molecule has 8 heteroatoms. The third kappa shape index (κ3) is 4.58. The monoisotopic (exact) mass is 369 g/mol. The van der Waals surface area contributed by atoms with E-state index in [0.29, 0.717) is 24.4 Å². The van der Waals surface area contributed by atoms with E-state index in [-0.39, 0.29) is 17.6 Å². The zero-order chi connectivity index (χ0) is 19.4. The number of carbonyl (C=O) groups is 1. The molecule has 142 valence electrons. The molecule has 2 aromatic rings. The molecule has 1 saturated heterocycles. The summed E-state index contributed by atoms with van der Waals surface area (Å²) >= 11 is 0. The highest BCUT2D eigenvalue weighted by molar-refractivity contribution is 5.76. The maximum atomic E-state index is 11.7. The number of nitrogens with one attached hydrogen (secondary N) is 1. The van der Waals surface area contributed by atoms with Gasteiger partial charge in [0.1, 0.15) is 5.82 Å². The van der Waals surface area contributed by atoms with E-state index < -0.39 is 4.92 Å². The molecule has 2 heterocycles. The summed E-state index contributed by atoms with van der Waals surface area (Å²) in [7, 11) is 0. The Bertz CT molecular complexity index is 855. The smallest absolute Gasteiger partial charge is 0.270 e. The minimum atomic E-state index is -0.425. The van der Waals surface area contributed by atoms with Crippen LogP contribution in [0.1, 0.15) is 31.9 Å². The van der Waals surface area contributed by atoms with Crippen molar-refractivity contribution in [2.45, 2.75) is 39.2 Å². The number of nitro benzene ring substituents is 1. The summed E-state index contributed by atoms with van der Waals surface area (Å²) in [6.45, 7) is 5.27. The van der Waals surface area contributed by atoms with Gasteiger partial charge in [0, 0.05) is 55.0 Å². The van der Waals surface area contributed by atoms with Crippen molar-refractivity contribution in [3.05, 3.63) is 46.1 Å². The molecule has 1 amide bonds. The Morgan fingerprint density at radius 1 is 1.37 bits per heavy atom. The highest BCUT2D eigenvalue weighted by Crippen LogP contribution is 2.25. The van der Waals surface area contributed by atoms with E-state index in [1.807, 2.05) is 19.9 Å². The van der Waals surface area contributed by atoms with Crippen LogP contribution >= 0.6 is 0 Å². The summed E-state index contributed by atoms with van der Waals surface area (Å²) in [6.07, 6.45) is 2.38. The zero-order valence-corrected chi connectivity index (χ0v) is 15.5. The topological polar surface area (TPSA) is 101 Å². The van der Waals surface area contributed by atoms with Gasteiger partial charge in [0.25, 0.3) is 5.69 Å². The SMILES string of the molecule is CCC(=O)NC1CCCN(c2cc(C)nc(-c3cccc([N+](=O)[O-])c3)n2)C1. The summed E-state index contributed by atoms with van der Waals surface area (Å²) in [6, 6.07) is 8.35. The van der Waals surface area contributed by atoms with Crippen LogP contribution in [0.3, 0.4) is 0 Å². The molecule has 8 nitrogen and oxygen atoms in total. The summed E-state index contributed by atoms with van der Waals surface area (Å²) in [5, 5.41) is 14.1. The lowest BCUT2D eigenvalue weighted by Gasteiger charge is -2.34. The Hall–Kier alpha value is -3.03. The van der Waals surface area contributed by atoms with Crippen LogP contribution in [0.15, 0.2) is 30.3 Å². The van der Waals surface area contributed by atoms with Gasteiger partial charge < -0.3 is 10.2 Å². The van der Waals surface area contributed by atoms with Crippen LogP contribution in [0.5, 0.6) is 0 Å². The molecule has 1 atom stereocenters. The van der Waals surface area contributed by atoms with E-state index in [9.17, 15) is 14.9 Å². The van der Waals surface area contributed by atoms with Crippen molar-refractivity contribution in [1.82, 2.24) is 15.3 Å². The minimum absolute atomic E-state index is 0.0134. The summed E-state index contributed by atoms with van der Waals surface area (Å²) in [5.41, 5.74) is 1.42. The molecule has 3 rings (SSSR count). The van der Waals surface area contributed by atoms with Crippen LogP contribution in [0.2, 0.25) is 0 Å². The Morgan fingerprint density at radius 3 is 2.93 bits per heavy atom. The molecular formula is C19H23N5O3. The lowest BCUT2D eigenvalue weighted by Crippen LogP contribution is -2.48. The quantitative estimate of drug-likeness (QED) is 0.642. The van der Waals surface area contributed by atoms with E-state index in [4.69, 9.17) is 0 Å². The lowest BCUT2D eigenvalue weighted by molar-refractivity contribution is -0.384. The number of hydrogen-bond acceptors (Lipinski definition) is 6. The number of anilines is 1. The van der Waals surface area contributed by atoms with Gasteiger partial charge in [-0.15, -0.1) is 0 Å². The number of carbonyl (C=O) groups excluding carboxylic acids is 1. The average molecular weight is 369 g/mol. The number of aryl methyl sites for hydroxylation is 1. The fourth-order valence-electron chi connectivity index (χ4n) is 3.23. The van der Waals surface area contributed by atoms with Crippen LogP contribution in [0, 0.1) is 17.0 Å². The first-order chi connectivity index (χ1) is 13.0. The van der Waals surface area contributed by atoms with Crippen molar-refractivity contribution in [2.75, 3.05) is 18.0 Å². The molecule has 27 heavy (non-hydrogen) atoms. The van der Waals surface area contributed by atoms with Crippen LogP contribution in [-0.2, 0) is 4.79 Å². The molecule has 1 aromatic carbocycles. The molecule has 1 N–H and O–H groups in total. The molecule has 0 saturated carbocycles. The largest absolute Gasteiger partial charge is 0.354 e. The Balaban J connectivity index is 1.86. The van der Waals surface area contributed by atoms with E-state index in [1.54, 1.807) is 12.1 Å². The predicted octanol–water partition coefficient (Wildman–Crippen LogP) is 2.86. The number of rotatable bonds is 5. The summed E-state index contributed by atoms with van der Waals surface area (Å²) < 4.78 is 0. The van der Waals surface area contributed by atoms with Crippen molar-refractivity contribution in [2.24, 2.45) is 0 Å². The molecule has 1 aliphatic rings. The van der Waals surface area contributed by atoms with Crippen molar-refractivity contribution >= 4 is 17.4 Å². The third-order valence-electron chi connectivity index (χ3n) is 4.59. The number of amides is 1. The predicted molar refractivity (Wildman–Crippen MR) is 103 cm³/mol. The van der Waals surface area contributed by atoms with Crippen molar-refractivity contribution in [1.29, 1.82) is 0 Å². The number of nitrogens with zero attached hydrogens (tertiary/aromatic N) is 4. The second-order valence-corrected chi connectivity index (χ2v) is 6.70. The Morgan fingerprint density at radius 2 is 2.19 bits per heavy atom. The molecule has 0 radical (unpaired) electrons. The molecule has 1 aliphatic heterocycles. The lowest BCUT2D eigenvalue weighted by atomic mass is 10.1. The first-order valence-corrected chi connectivity index (χ1v) is 9.11. The summed E-state index contributed by atoms with van der Waals surface area (Å²) in [5.74, 6) is 1.30. The van der Waals surface area contributed by atoms with Crippen molar-refractivity contribution < 1.29 is 9.72 Å². The number of hydrogen-bond donors (Lipinski definition) is 1. The van der Waals surface area contributed by atoms with Gasteiger partial charge in [-0.05, 0) is 19.8 Å². The molecule has 1 aromatic heterocycles. The second kappa shape index (κ2) is 8.11. The zero-order valence-electron chi connectivity index (χ0n) is 15.5. The van der Waals surface area contributed by atoms with Crippen LogP contribution in [-0.4, -0.2) is 39.9 Å². The molecule has 0 bridgehead atoms. The second-order valence-electron chi connectivity index (χ2n) is 6.70. The number of benzene rings is 1. The van der Waals surface area contributed by atoms with Crippen molar-refractivity contribution in [3.63, 3.8) is 0 Å². The van der Waals surface area contributed by atoms with Gasteiger partial charge in [0.15, 0.2) is 5.82 Å². The highest BCUT2D eigenvalue weighted by Gasteiger charge is 2.23. The van der Waals surface area contributed by atoms with E-state index in [2.05, 4.69) is 20.2 Å². The highest BCUT2D eigenvalue weighted by atomic mass is 16.6. The Kier molecular flexibility index (Phi) is 5.63. The van der Waals surface area contributed by atoms with Gasteiger partial charge in [-0.1, -0.05) is 19.1 Å². The maximum Gasteiger partial charge on any atom is 0.270 e. The van der Waals surface area contributed by atoms with Gasteiger partial charge in [-0.2, -0.15) is 0 Å². The number of nitro groups is 1. The average Bonchev–Trinajstić information content (AvgIpc) is 2.67. The molecule has 1 fully saturated rings. The van der Waals surface area contributed by atoms with E-state index in [1.165, 1.54) is 12.1 Å². The molecule has 0 aliphatic carbocycles. The van der Waals surface area contributed by atoms with Gasteiger partial charge >= 0.3 is 0 Å². The number of piperidine rings is 1. The van der Waals surface area contributed by atoms with Crippen LogP contribution in [0.4, 0.5) is 11.5 Å². The van der Waals surface area contributed by atoms with Crippen molar-refractivity contribution in [3.8, 4) is 11.4 Å². The van der Waals surface area contributed by atoms with Gasteiger partial charge in [-0.25, -0.2) is 9.97 Å². The maximum absolute atomic E-state index is 11.7. The normalized spacial score (nSPS) is 16.8. The van der Waals surface area contributed by atoms with Crippen LogP contribution < -0.4 is 10.2 Å². The standard InChI is InChI=1S/C19H23N5O3/c1-3-18(25)21-15-7-5-9-23(12-15)17-10-13(2)20-19(22-17)14-6-4-8-16(11-14)24(26)27/h4,6,8,10-11,15H,3,5,7,9,12H2,1-2H3,(H,21,25).